The Bertz CT molecular complexity index is 485. The molecule has 0 aliphatic carbocycles. The molecule has 18 heavy (non-hydrogen) atoms. The quantitative estimate of drug-likeness (QED) is 0.739. The van der Waals surface area contributed by atoms with E-state index in [1.807, 2.05) is 6.92 Å². The predicted octanol–water partition coefficient (Wildman–Crippen LogP) is 4.28. The van der Waals surface area contributed by atoms with Crippen molar-refractivity contribution in [3.8, 4) is 0 Å². The molecule has 1 aromatic carbocycles. The second kappa shape index (κ2) is 4.80. The maximum atomic E-state index is 12.8. The minimum Gasteiger partial charge on any atom is -0.475 e. The second-order valence-corrected chi connectivity index (χ2v) is 4.45. The molecule has 0 aromatic heterocycles. The van der Waals surface area contributed by atoms with Crippen LogP contribution in [0.15, 0.2) is 23.2 Å². The zero-order chi connectivity index (χ0) is 13.3. The Morgan fingerprint density at radius 2 is 2.17 bits per heavy atom. The van der Waals surface area contributed by atoms with Crippen molar-refractivity contribution in [3.05, 3.63) is 29.3 Å². The number of alkyl halides is 4. The first-order valence-electron chi connectivity index (χ1n) is 5.48. The summed E-state index contributed by atoms with van der Waals surface area (Å²) >= 11 is 5.94. The fourth-order valence-electron chi connectivity index (χ4n) is 1.70. The van der Waals surface area contributed by atoms with Gasteiger partial charge in [0.1, 0.15) is 12.0 Å². The van der Waals surface area contributed by atoms with Gasteiger partial charge in [-0.05, 0) is 12.5 Å². The van der Waals surface area contributed by atoms with Crippen LogP contribution in [0.1, 0.15) is 24.5 Å². The highest BCUT2D eigenvalue weighted by Gasteiger charge is 2.35. The number of aliphatic imine (C=N–C) groups is 1. The summed E-state index contributed by atoms with van der Waals surface area (Å²) < 4.78 is 43.8. The molecule has 0 N–H and O–H groups in total. The van der Waals surface area contributed by atoms with Crippen LogP contribution in [0, 0.1) is 0 Å². The maximum absolute atomic E-state index is 12.8. The highest BCUT2D eigenvalue weighted by molar-refractivity contribution is 6.31. The lowest BCUT2D eigenvalue weighted by atomic mass is 10.1. The number of halogens is 4. The Balaban J connectivity index is 2.50. The molecule has 0 radical (unpaired) electrons. The minimum atomic E-state index is -4.43. The first kappa shape index (κ1) is 13.2. The Kier molecular flexibility index (Phi) is 3.52. The van der Waals surface area contributed by atoms with Crippen LogP contribution in [0.2, 0.25) is 0 Å². The Hall–Kier alpha value is -1.23. The van der Waals surface area contributed by atoms with Crippen molar-refractivity contribution in [1.29, 1.82) is 0 Å². The van der Waals surface area contributed by atoms with Crippen LogP contribution in [0.5, 0.6) is 0 Å². The van der Waals surface area contributed by atoms with Crippen LogP contribution in [0.4, 0.5) is 18.9 Å². The summed E-state index contributed by atoms with van der Waals surface area (Å²) in [6, 6.07) is 3.93. The van der Waals surface area contributed by atoms with E-state index in [-0.39, 0.29) is 18.2 Å². The van der Waals surface area contributed by atoms with Gasteiger partial charge in [-0.3, -0.25) is 0 Å². The molecule has 1 heterocycles. The van der Waals surface area contributed by atoms with Crippen LogP contribution < -0.4 is 0 Å². The fourth-order valence-corrected chi connectivity index (χ4v) is 1.81. The minimum absolute atomic E-state index is 0.0707. The third kappa shape index (κ3) is 2.46. The normalized spacial score (nSPS) is 16.6. The molecule has 6 heteroatoms. The van der Waals surface area contributed by atoms with Crippen molar-refractivity contribution < 1.29 is 17.9 Å². The van der Waals surface area contributed by atoms with E-state index in [0.29, 0.717) is 12.0 Å². The van der Waals surface area contributed by atoms with Crippen molar-refractivity contribution in [2.45, 2.75) is 31.5 Å². The van der Waals surface area contributed by atoms with E-state index in [1.54, 1.807) is 6.07 Å². The summed E-state index contributed by atoms with van der Waals surface area (Å²) in [5, 5.41) is -0.501. The number of hydrogen-bond donors (Lipinski definition) is 0. The van der Waals surface area contributed by atoms with E-state index in [9.17, 15) is 13.2 Å². The number of nitrogens with zero attached hydrogens (tertiary/aromatic N) is 1. The number of ether oxygens (including phenoxy) is 1. The lowest BCUT2D eigenvalue weighted by Crippen LogP contribution is -2.21. The molecule has 1 aromatic rings. The largest absolute Gasteiger partial charge is 0.475 e. The highest BCUT2D eigenvalue weighted by Crippen LogP contribution is 2.40. The zero-order valence-corrected chi connectivity index (χ0v) is 10.3. The van der Waals surface area contributed by atoms with Gasteiger partial charge in [-0.1, -0.05) is 19.1 Å². The van der Waals surface area contributed by atoms with Gasteiger partial charge in [0, 0.05) is 5.56 Å². The predicted molar refractivity (Wildman–Crippen MR) is 63.3 cm³/mol. The van der Waals surface area contributed by atoms with Crippen LogP contribution in [-0.2, 0) is 17.5 Å². The first-order chi connectivity index (χ1) is 8.43. The Morgan fingerprint density at radius 3 is 2.78 bits per heavy atom. The van der Waals surface area contributed by atoms with Gasteiger partial charge in [0.25, 0.3) is 0 Å². The molecule has 0 saturated carbocycles. The topological polar surface area (TPSA) is 21.6 Å². The zero-order valence-electron chi connectivity index (χ0n) is 9.59. The SMILES string of the molecule is CCC(Cl)C1=Nc2c(cccc2C(F)(F)F)CO1. The van der Waals surface area contributed by atoms with Gasteiger partial charge in [-0.15, -0.1) is 11.6 Å². The van der Waals surface area contributed by atoms with Gasteiger partial charge in [0.2, 0.25) is 5.90 Å². The molecule has 98 valence electrons. The highest BCUT2D eigenvalue weighted by atomic mass is 35.5. The molecule has 0 saturated heterocycles. The fraction of sp³-hybridized carbons (Fsp3) is 0.417. The van der Waals surface area contributed by atoms with E-state index in [1.165, 1.54) is 6.07 Å². The van der Waals surface area contributed by atoms with Gasteiger partial charge in [-0.2, -0.15) is 13.2 Å². The average molecular weight is 278 g/mol. The van der Waals surface area contributed by atoms with Gasteiger partial charge in [0.15, 0.2) is 0 Å². The number of para-hydroxylation sites is 1. The van der Waals surface area contributed by atoms with Crippen molar-refractivity contribution in [1.82, 2.24) is 0 Å². The summed E-state index contributed by atoms with van der Waals surface area (Å²) in [4.78, 5) is 3.93. The summed E-state index contributed by atoms with van der Waals surface area (Å²) in [5.74, 6) is 0.156. The third-order valence-electron chi connectivity index (χ3n) is 2.65. The maximum Gasteiger partial charge on any atom is 0.418 e. The first-order valence-corrected chi connectivity index (χ1v) is 5.91. The Morgan fingerprint density at radius 1 is 1.44 bits per heavy atom. The van der Waals surface area contributed by atoms with Crippen molar-refractivity contribution in [3.63, 3.8) is 0 Å². The van der Waals surface area contributed by atoms with Crippen LogP contribution in [0.25, 0.3) is 0 Å². The summed E-state index contributed by atoms with van der Waals surface area (Å²) in [6.45, 7) is 1.88. The molecule has 2 rings (SSSR count). The smallest absolute Gasteiger partial charge is 0.418 e. The van der Waals surface area contributed by atoms with E-state index < -0.39 is 17.1 Å². The second-order valence-electron chi connectivity index (χ2n) is 3.93. The standard InChI is InChI=1S/C12H11ClF3NO/c1-2-9(13)11-17-10-7(6-18-11)4-3-5-8(10)12(14,15)16/h3-5,9H,2,6H2,1H3. The number of benzene rings is 1. The van der Waals surface area contributed by atoms with Crippen LogP contribution in [-0.4, -0.2) is 11.3 Å². The molecule has 0 bridgehead atoms. The molecule has 1 aliphatic heterocycles. The monoisotopic (exact) mass is 277 g/mol. The van der Waals surface area contributed by atoms with Crippen molar-refractivity contribution in [2.75, 3.05) is 0 Å². The van der Waals surface area contributed by atoms with Crippen LogP contribution >= 0.6 is 11.6 Å². The van der Waals surface area contributed by atoms with Crippen LogP contribution in [0.3, 0.4) is 0 Å². The summed E-state index contributed by atoms with van der Waals surface area (Å²) in [5.41, 5.74) is -0.403. The lowest BCUT2D eigenvalue weighted by molar-refractivity contribution is -0.137. The number of hydrogen-bond acceptors (Lipinski definition) is 2. The summed E-state index contributed by atoms with van der Waals surface area (Å²) in [7, 11) is 0. The molecule has 0 spiro atoms. The van der Waals surface area contributed by atoms with Gasteiger partial charge in [-0.25, -0.2) is 4.99 Å². The van der Waals surface area contributed by atoms with Gasteiger partial charge < -0.3 is 4.74 Å². The van der Waals surface area contributed by atoms with E-state index in [4.69, 9.17) is 16.3 Å². The molecular formula is C12H11ClF3NO. The third-order valence-corrected chi connectivity index (χ3v) is 3.14. The Labute approximate surface area is 107 Å². The van der Waals surface area contributed by atoms with E-state index in [0.717, 1.165) is 6.07 Å². The number of fused-ring (bicyclic) bond motifs is 1. The van der Waals surface area contributed by atoms with Crippen molar-refractivity contribution in [2.24, 2.45) is 4.99 Å². The van der Waals surface area contributed by atoms with E-state index >= 15 is 0 Å². The van der Waals surface area contributed by atoms with E-state index in [2.05, 4.69) is 4.99 Å². The number of rotatable bonds is 2. The molecule has 0 fully saturated rings. The summed E-state index contributed by atoms with van der Waals surface area (Å²) in [6.07, 6.45) is -3.88. The molecule has 1 unspecified atom stereocenters. The van der Waals surface area contributed by atoms with Gasteiger partial charge in [0.05, 0.1) is 11.3 Å². The molecule has 1 atom stereocenters. The average Bonchev–Trinajstić information content (AvgIpc) is 2.35. The van der Waals surface area contributed by atoms with Crippen molar-refractivity contribution >= 4 is 23.2 Å². The molecule has 2 nitrogen and oxygen atoms in total. The lowest BCUT2D eigenvalue weighted by Gasteiger charge is -2.21. The molecule has 0 amide bonds. The molecule has 1 aliphatic rings. The molecular weight excluding hydrogens is 267 g/mol. The van der Waals surface area contributed by atoms with Gasteiger partial charge >= 0.3 is 6.18 Å².